The Kier molecular flexibility index (Phi) is 8.68. The van der Waals surface area contributed by atoms with Crippen molar-refractivity contribution in [1.82, 2.24) is 14.5 Å². The van der Waals surface area contributed by atoms with Crippen LogP contribution in [0.4, 0.5) is 27.3 Å². The Morgan fingerprint density at radius 3 is 2.37 bits per heavy atom. The van der Waals surface area contributed by atoms with E-state index in [-0.39, 0.29) is 17.6 Å². The topological polar surface area (TPSA) is 101 Å². The lowest BCUT2D eigenvalue weighted by Crippen LogP contribution is -2.15. The average molecular weight is 593 g/mol. The molecular formula is C33H29FN6O2S. The van der Waals surface area contributed by atoms with Gasteiger partial charge in [0, 0.05) is 47.0 Å². The average Bonchev–Trinajstić information content (AvgIpc) is 3.35. The van der Waals surface area contributed by atoms with Crippen molar-refractivity contribution in [3.8, 4) is 22.5 Å². The number of rotatable bonds is 9. The monoisotopic (exact) mass is 592 g/mol. The molecule has 0 aliphatic rings. The van der Waals surface area contributed by atoms with E-state index in [1.807, 2.05) is 42.1 Å². The van der Waals surface area contributed by atoms with Crippen LogP contribution in [0.25, 0.3) is 22.5 Å². The molecule has 2 amide bonds. The molecule has 0 bridgehead atoms. The van der Waals surface area contributed by atoms with Gasteiger partial charge in [-0.15, -0.1) is 0 Å². The number of hydrogen-bond donors (Lipinski definition) is 3. The van der Waals surface area contributed by atoms with Crippen molar-refractivity contribution in [2.45, 2.75) is 12.1 Å². The highest BCUT2D eigenvalue weighted by Crippen LogP contribution is 2.35. The van der Waals surface area contributed by atoms with E-state index in [9.17, 15) is 14.0 Å². The first-order chi connectivity index (χ1) is 20.8. The molecule has 3 N–H and O–H groups in total. The van der Waals surface area contributed by atoms with Crippen LogP contribution in [-0.4, -0.2) is 32.6 Å². The van der Waals surface area contributed by atoms with Crippen LogP contribution in [0.15, 0.2) is 103 Å². The molecule has 0 radical (unpaired) electrons. The predicted molar refractivity (Wildman–Crippen MR) is 171 cm³/mol. The maximum absolute atomic E-state index is 13.6. The number of nitrogens with one attached hydrogen (secondary N) is 3. The zero-order chi connectivity index (χ0) is 30.5. The summed E-state index contributed by atoms with van der Waals surface area (Å²) in [6.07, 6.45) is 4.87. The fourth-order valence-corrected chi connectivity index (χ4v) is 5.18. The largest absolute Gasteiger partial charge is 0.340 e. The number of benzene rings is 3. The van der Waals surface area contributed by atoms with Gasteiger partial charge in [0.1, 0.15) is 11.6 Å². The zero-order valence-corrected chi connectivity index (χ0v) is 24.6. The van der Waals surface area contributed by atoms with Crippen molar-refractivity contribution in [3.63, 3.8) is 0 Å². The Balaban J connectivity index is 1.33. The lowest BCUT2D eigenvalue weighted by atomic mass is 10.1. The SMILES string of the molecule is C=CC(=O)Nc1cccc(C(=O)Nc2ccc(Nc3cc(-c4c(-c5ccc(F)cc5)nc(SC)n4C)ccn3)cc2)c1C. The van der Waals surface area contributed by atoms with E-state index in [1.165, 1.54) is 30.0 Å². The van der Waals surface area contributed by atoms with Gasteiger partial charge in [-0.1, -0.05) is 24.4 Å². The summed E-state index contributed by atoms with van der Waals surface area (Å²) in [5.74, 6) is -0.312. The van der Waals surface area contributed by atoms with Crippen LogP contribution >= 0.6 is 11.8 Å². The molecule has 2 aromatic heterocycles. The molecule has 10 heteroatoms. The van der Waals surface area contributed by atoms with Gasteiger partial charge in [0.25, 0.3) is 5.91 Å². The first kappa shape index (κ1) is 29.3. The molecule has 0 saturated carbocycles. The van der Waals surface area contributed by atoms with Gasteiger partial charge >= 0.3 is 0 Å². The van der Waals surface area contributed by atoms with Gasteiger partial charge in [0.2, 0.25) is 5.91 Å². The van der Waals surface area contributed by atoms with Crippen LogP contribution in [0.1, 0.15) is 15.9 Å². The number of thioether (sulfide) groups is 1. The van der Waals surface area contributed by atoms with E-state index in [1.54, 1.807) is 55.6 Å². The molecule has 0 unspecified atom stereocenters. The second kappa shape index (κ2) is 12.7. The third-order valence-corrected chi connectivity index (χ3v) is 7.55. The van der Waals surface area contributed by atoms with Crippen LogP contribution in [0.2, 0.25) is 0 Å². The molecule has 0 aliphatic heterocycles. The molecule has 3 aromatic carbocycles. The smallest absolute Gasteiger partial charge is 0.256 e. The van der Waals surface area contributed by atoms with E-state index in [0.29, 0.717) is 28.3 Å². The summed E-state index contributed by atoms with van der Waals surface area (Å²) in [5, 5.41) is 9.77. The predicted octanol–water partition coefficient (Wildman–Crippen LogP) is 7.44. The van der Waals surface area contributed by atoms with Gasteiger partial charge in [-0.2, -0.15) is 0 Å². The number of carbonyl (C=O) groups is 2. The third-order valence-electron chi connectivity index (χ3n) is 6.82. The lowest BCUT2D eigenvalue weighted by molar-refractivity contribution is -0.111. The van der Waals surface area contributed by atoms with E-state index in [4.69, 9.17) is 4.98 Å². The minimum absolute atomic E-state index is 0.292. The van der Waals surface area contributed by atoms with E-state index >= 15 is 0 Å². The number of pyridine rings is 1. The van der Waals surface area contributed by atoms with Gasteiger partial charge in [0.15, 0.2) is 5.16 Å². The lowest BCUT2D eigenvalue weighted by Gasteiger charge is -2.13. The zero-order valence-electron chi connectivity index (χ0n) is 23.8. The van der Waals surface area contributed by atoms with Crippen molar-refractivity contribution in [2.24, 2.45) is 7.05 Å². The van der Waals surface area contributed by atoms with Crippen molar-refractivity contribution in [2.75, 3.05) is 22.2 Å². The van der Waals surface area contributed by atoms with E-state index in [2.05, 4.69) is 27.5 Å². The minimum atomic E-state index is -0.345. The van der Waals surface area contributed by atoms with Crippen LogP contribution in [0, 0.1) is 12.7 Å². The number of aromatic nitrogens is 3. The Morgan fingerprint density at radius 2 is 1.67 bits per heavy atom. The van der Waals surface area contributed by atoms with Gasteiger partial charge in [-0.3, -0.25) is 9.59 Å². The Hall–Kier alpha value is -5.22. The number of anilines is 4. The normalized spacial score (nSPS) is 10.7. The van der Waals surface area contributed by atoms with Gasteiger partial charge in [-0.25, -0.2) is 14.4 Å². The third kappa shape index (κ3) is 6.49. The van der Waals surface area contributed by atoms with Crippen molar-refractivity contribution >= 4 is 46.5 Å². The van der Waals surface area contributed by atoms with Crippen molar-refractivity contribution < 1.29 is 14.0 Å². The first-order valence-electron chi connectivity index (χ1n) is 13.3. The molecule has 43 heavy (non-hydrogen) atoms. The molecule has 5 rings (SSSR count). The van der Waals surface area contributed by atoms with Crippen LogP contribution in [-0.2, 0) is 11.8 Å². The molecule has 5 aromatic rings. The number of halogens is 1. The Bertz CT molecular complexity index is 1820. The highest BCUT2D eigenvalue weighted by atomic mass is 32.2. The summed E-state index contributed by atoms with van der Waals surface area (Å²) in [7, 11) is 1.96. The number of hydrogen-bond acceptors (Lipinski definition) is 6. The van der Waals surface area contributed by atoms with Crippen LogP contribution in [0.3, 0.4) is 0 Å². The molecular weight excluding hydrogens is 563 g/mol. The Morgan fingerprint density at radius 1 is 0.953 bits per heavy atom. The summed E-state index contributed by atoms with van der Waals surface area (Å²) in [5.41, 5.74) is 6.41. The summed E-state index contributed by atoms with van der Waals surface area (Å²) < 4.78 is 15.6. The fraction of sp³-hybridized carbons (Fsp3) is 0.0909. The van der Waals surface area contributed by atoms with Crippen molar-refractivity contribution in [1.29, 1.82) is 0 Å². The fourth-order valence-electron chi connectivity index (χ4n) is 4.63. The quantitative estimate of drug-likeness (QED) is 0.122. The summed E-state index contributed by atoms with van der Waals surface area (Å²) in [6.45, 7) is 5.24. The molecule has 0 spiro atoms. The molecule has 0 fully saturated rings. The Labute approximate surface area is 253 Å². The maximum Gasteiger partial charge on any atom is 0.256 e. The number of imidazole rings is 1. The second-order valence-corrected chi connectivity index (χ2v) is 10.4. The number of carbonyl (C=O) groups excluding carboxylic acids is 2. The molecule has 8 nitrogen and oxygen atoms in total. The van der Waals surface area contributed by atoms with E-state index < -0.39 is 0 Å². The molecule has 0 saturated heterocycles. The van der Waals surface area contributed by atoms with Gasteiger partial charge in [0.05, 0.1) is 11.4 Å². The summed E-state index contributed by atoms with van der Waals surface area (Å²) in [4.78, 5) is 34.0. The van der Waals surface area contributed by atoms with Crippen LogP contribution < -0.4 is 16.0 Å². The number of amides is 2. The van der Waals surface area contributed by atoms with Crippen LogP contribution in [0.5, 0.6) is 0 Å². The minimum Gasteiger partial charge on any atom is -0.340 e. The maximum atomic E-state index is 13.6. The van der Waals surface area contributed by atoms with Gasteiger partial charge < -0.3 is 20.5 Å². The highest BCUT2D eigenvalue weighted by molar-refractivity contribution is 7.98. The molecule has 2 heterocycles. The molecule has 0 aliphatic carbocycles. The van der Waals surface area contributed by atoms with E-state index in [0.717, 1.165) is 33.4 Å². The first-order valence-corrected chi connectivity index (χ1v) is 14.5. The number of nitrogens with zero attached hydrogens (tertiary/aromatic N) is 3. The highest BCUT2D eigenvalue weighted by Gasteiger charge is 2.19. The summed E-state index contributed by atoms with van der Waals surface area (Å²) >= 11 is 1.53. The molecule has 0 atom stereocenters. The second-order valence-electron chi connectivity index (χ2n) is 9.62. The van der Waals surface area contributed by atoms with Crippen molar-refractivity contribution in [3.05, 3.63) is 115 Å². The summed E-state index contributed by atoms with van der Waals surface area (Å²) in [6, 6.07) is 22.6. The van der Waals surface area contributed by atoms with Gasteiger partial charge in [-0.05, 0) is 97.6 Å². The molecule has 216 valence electrons. The standard InChI is InChI=1S/C33H29FN6O2S/c1-5-29(41)38-27-8-6-7-26(20(27)2)32(42)37-25-15-13-24(14-16-25)36-28-19-22(17-18-35-28)31-30(39-33(43-4)40(31)3)21-9-11-23(34)12-10-21/h5-19H,1H2,2-4H3,(H,35,36)(H,37,42)(H,38,41).